The third-order valence-corrected chi connectivity index (χ3v) is 2.54. The zero-order chi connectivity index (χ0) is 10.7. The molecular formula is C10H14FN3O. The largest absolute Gasteiger partial charge is 0.378 e. The number of methoxy groups -OCH3 is 1. The van der Waals surface area contributed by atoms with Crippen molar-refractivity contribution in [3.63, 3.8) is 0 Å². The monoisotopic (exact) mass is 211 g/mol. The average molecular weight is 211 g/mol. The van der Waals surface area contributed by atoms with Crippen LogP contribution in [0.4, 0.5) is 10.2 Å². The predicted octanol–water partition coefficient (Wildman–Crippen LogP) is 0.619. The van der Waals surface area contributed by atoms with Gasteiger partial charge in [0.2, 0.25) is 0 Å². The highest BCUT2D eigenvalue weighted by atomic mass is 19.1. The van der Waals surface area contributed by atoms with Crippen molar-refractivity contribution in [3.05, 3.63) is 24.1 Å². The Labute approximate surface area is 87.8 Å². The van der Waals surface area contributed by atoms with Crippen LogP contribution >= 0.6 is 0 Å². The molecule has 1 aromatic rings. The van der Waals surface area contributed by atoms with Gasteiger partial charge in [0.1, 0.15) is 0 Å². The molecule has 0 amide bonds. The van der Waals surface area contributed by atoms with Gasteiger partial charge in [0, 0.05) is 26.4 Å². The molecule has 1 saturated heterocycles. The Bertz CT molecular complexity index is 334. The van der Waals surface area contributed by atoms with Crippen molar-refractivity contribution in [2.24, 2.45) is 0 Å². The summed E-state index contributed by atoms with van der Waals surface area (Å²) in [6, 6.07) is 3.03. The first-order valence-corrected chi connectivity index (χ1v) is 4.92. The fourth-order valence-electron chi connectivity index (χ4n) is 1.71. The normalized spacial score (nSPS) is 25.5. The molecule has 2 rings (SSSR count). The molecular weight excluding hydrogens is 197 g/mol. The van der Waals surface area contributed by atoms with Crippen LogP contribution in [0, 0.1) is 5.82 Å². The maximum atomic E-state index is 13.3. The third-order valence-electron chi connectivity index (χ3n) is 2.54. The number of hydrogen-bond acceptors (Lipinski definition) is 4. The number of nitrogens with zero attached hydrogens (tertiary/aromatic N) is 1. The molecule has 2 N–H and O–H groups in total. The van der Waals surface area contributed by atoms with Crippen molar-refractivity contribution < 1.29 is 9.13 Å². The van der Waals surface area contributed by atoms with Crippen molar-refractivity contribution in [3.8, 4) is 0 Å². The molecule has 0 aromatic carbocycles. The molecule has 5 heteroatoms. The SMILES string of the molecule is CO[C@H]1CNCC1Nc1ncccc1F. The second-order valence-electron chi connectivity index (χ2n) is 3.52. The molecule has 2 atom stereocenters. The van der Waals surface area contributed by atoms with Gasteiger partial charge in [0.25, 0.3) is 0 Å². The quantitative estimate of drug-likeness (QED) is 0.769. The third kappa shape index (κ3) is 2.24. The lowest BCUT2D eigenvalue weighted by Gasteiger charge is -2.19. The van der Waals surface area contributed by atoms with Crippen LogP contribution in [0.25, 0.3) is 0 Å². The lowest BCUT2D eigenvalue weighted by molar-refractivity contribution is 0.111. The summed E-state index contributed by atoms with van der Waals surface area (Å²) in [6.45, 7) is 1.54. The minimum Gasteiger partial charge on any atom is -0.378 e. The predicted molar refractivity (Wildman–Crippen MR) is 55.3 cm³/mol. The molecule has 0 spiro atoms. The zero-order valence-corrected chi connectivity index (χ0v) is 8.53. The maximum Gasteiger partial charge on any atom is 0.165 e. The van der Waals surface area contributed by atoms with Gasteiger partial charge in [-0.05, 0) is 12.1 Å². The van der Waals surface area contributed by atoms with E-state index in [2.05, 4.69) is 15.6 Å². The van der Waals surface area contributed by atoms with E-state index in [1.165, 1.54) is 6.07 Å². The Hall–Kier alpha value is -1.20. The lowest BCUT2D eigenvalue weighted by atomic mass is 10.2. The molecule has 2 heterocycles. The highest BCUT2D eigenvalue weighted by Crippen LogP contribution is 2.14. The van der Waals surface area contributed by atoms with Gasteiger partial charge >= 0.3 is 0 Å². The summed E-state index contributed by atoms with van der Waals surface area (Å²) >= 11 is 0. The molecule has 1 fully saturated rings. The van der Waals surface area contributed by atoms with Crippen LogP contribution < -0.4 is 10.6 Å². The van der Waals surface area contributed by atoms with E-state index in [4.69, 9.17) is 4.74 Å². The van der Waals surface area contributed by atoms with Gasteiger partial charge < -0.3 is 15.4 Å². The van der Waals surface area contributed by atoms with Crippen molar-refractivity contribution in [2.45, 2.75) is 12.1 Å². The fourth-order valence-corrected chi connectivity index (χ4v) is 1.71. The van der Waals surface area contributed by atoms with E-state index in [-0.39, 0.29) is 23.8 Å². The Morgan fingerprint density at radius 1 is 1.60 bits per heavy atom. The Balaban J connectivity index is 2.05. The molecule has 0 saturated carbocycles. The molecule has 0 radical (unpaired) electrons. The summed E-state index contributed by atoms with van der Waals surface area (Å²) in [5.74, 6) is -0.0486. The maximum absolute atomic E-state index is 13.3. The van der Waals surface area contributed by atoms with E-state index in [1.54, 1.807) is 19.4 Å². The van der Waals surface area contributed by atoms with E-state index in [0.717, 1.165) is 13.1 Å². The molecule has 0 aliphatic carbocycles. The van der Waals surface area contributed by atoms with E-state index >= 15 is 0 Å². The average Bonchev–Trinajstić information content (AvgIpc) is 2.69. The summed E-state index contributed by atoms with van der Waals surface area (Å²) in [5, 5.41) is 6.21. The Morgan fingerprint density at radius 3 is 3.20 bits per heavy atom. The number of pyridine rings is 1. The van der Waals surface area contributed by atoms with Gasteiger partial charge in [-0.3, -0.25) is 0 Å². The lowest BCUT2D eigenvalue weighted by Crippen LogP contribution is -2.34. The zero-order valence-electron chi connectivity index (χ0n) is 8.53. The summed E-state index contributed by atoms with van der Waals surface area (Å²) < 4.78 is 18.5. The second-order valence-corrected chi connectivity index (χ2v) is 3.52. The summed E-state index contributed by atoms with van der Waals surface area (Å²) in [7, 11) is 1.65. The van der Waals surface area contributed by atoms with Crippen molar-refractivity contribution in [1.82, 2.24) is 10.3 Å². The minimum absolute atomic E-state index is 0.0615. The highest BCUT2D eigenvalue weighted by Gasteiger charge is 2.27. The molecule has 4 nitrogen and oxygen atoms in total. The van der Waals surface area contributed by atoms with Crippen LogP contribution in [0.1, 0.15) is 0 Å². The van der Waals surface area contributed by atoms with E-state index in [1.807, 2.05) is 0 Å². The summed E-state index contributed by atoms with van der Waals surface area (Å²) in [4.78, 5) is 3.94. The standard InChI is InChI=1S/C10H14FN3O/c1-15-9-6-12-5-8(9)14-10-7(11)3-2-4-13-10/h2-4,8-9,12H,5-6H2,1H3,(H,13,14)/t8?,9-/m0/s1. The first-order valence-electron chi connectivity index (χ1n) is 4.92. The molecule has 0 bridgehead atoms. The van der Waals surface area contributed by atoms with Gasteiger partial charge in [-0.25, -0.2) is 9.37 Å². The molecule has 1 aliphatic heterocycles. The van der Waals surface area contributed by atoms with Crippen LogP contribution in [0.3, 0.4) is 0 Å². The summed E-state index contributed by atoms with van der Waals surface area (Å²) in [6.07, 6.45) is 1.63. The Morgan fingerprint density at radius 2 is 2.47 bits per heavy atom. The second kappa shape index (κ2) is 4.55. The fraction of sp³-hybridized carbons (Fsp3) is 0.500. The van der Waals surface area contributed by atoms with Crippen LogP contribution in [-0.2, 0) is 4.74 Å². The first kappa shape index (κ1) is 10.3. The first-order chi connectivity index (χ1) is 7.31. The van der Waals surface area contributed by atoms with E-state index in [0.29, 0.717) is 0 Å². The summed E-state index contributed by atoms with van der Waals surface area (Å²) in [5.41, 5.74) is 0. The number of ether oxygens (including phenoxy) is 1. The van der Waals surface area contributed by atoms with Crippen molar-refractivity contribution in [2.75, 3.05) is 25.5 Å². The highest BCUT2D eigenvalue weighted by molar-refractivity contribution is 5.37. The van der Waals surface area contributed by atoms with Crippen LogP contribution in [0.5, 0.6) is 0 Å². The molecule has 15 heavy (non-hydrogen) atoms. The molecule has 1 unspecified atom stereocenters. The van der Waals surface area contributed by atoms with E-state index < -0.39 is 0 Å². The minimum atomic E-state index is -0.334. The van der Waals surface area contributed by atoms with Crippen LogP contribution in [-0.4, -0.2) is 37.3 Å². The number of halogens is 1. The number of rotatable bonds is 3. The van der Waals surface area contributed by atoms with Crippen LogP contribution in [0.15, 0.2) is 18.3 Å². The molecule has 1 aromatic heterocycles. The Kier molecular flexibility index (Phi) is 3.13. The van der Waals surface area contributed by atoms with E-state index in [9.17, 15) is 4.39 Å². The van der Waals surface area contributed by atoms with Crippen molar-refractivity contribution in [1.29, 1.82) is 0 Å². The van der Waals surface area contributed by atoms with Gasteiger partial charge in [-0.15, -0.1) is 0 Å². The van der Waals surface area contributed by atoms with Crippen LogP contribution in [0.2, 0.25) is 0 Å². The smallest absolute Gasteiger partial charge is 0.165 e. The number of hydrogen-bond donors (Lipinski definition) is 2. The van der Waals surface area contributed by atoms with Gasteiger partial charge in [-0.1, -0.05) is 0 Å². The number of nitrogens with one attached hydrogen (secondary N) is 2. The number of aromatic nitrogens is 1. The van der Waals surface area contributed by atoms with Gasteiger partial charge in [0.15, 0.2) is 11.6 Å². The molecule has 82 valence electrons. The number of anilines is 1. The molecule has 1 aliphatic rings. The topological polar surface area (TPSA) is 46.2 Å². The van der Waals surface area contributed by atoms with Crippen molar-refractivity contribution >= 4 is 5.82 Å². The van der Waals surface area contributed by atoms with Gasteiger partial charge in [-0.2, -0.15) is 0 Å². The van der Waals surface area contributed by atoms with Gasteiger partial charge in [0.05, 0.1) is 12.1 Å².